The highest BCUT2D eigenvalue weighted by atomic mass is 35.5. The van der Waals surface area contributed by atoms with Crippen LogP contribution in [0.25, 0.3) is 0 Å². The van der Waals surface area contributed by atoms with Crippen LogP contribution in [0.15, 0.2) is 12.1 Å². The van der Waals surface area contributed by atoms with Crippen molar-refractivity contribution in [1.82, 2.24) is 4.90 Å². The van der Waals surface area contributed by atoms with E-state index in [4.69, 9.17) is 5.73 Å². The molecule has 2 heterocycles. The maximum absolute atomic E-state index is 14.3. The number of aryl methyl sites for hydroxylation is 1. The van der Waals surface area contributed by atoms with Crippen molar-refractivity contribution in [2.45, 2.75) is 38.1 Å². The third-order valence-corrected chi connectivity index (χ3v) is 4.48. The first-order chi connectivity index (χ1) is 10.6. The highest BCUT2D eigenvalue weighted by Crippen LogP contribution is 2.28. The second-order valence-corrected chi connectivity index (χ2v) is 5.92. The number of halogens is 2. The Balaban J connectivity index is 0.00000192. The summed E-state index contributed by atoms with van der Waals surface area (Å²) < 4.78 is 14.3. The van der Waals surface area contributed by atoms with Gasteiger partial charge in [0.05, 0.1) is 5.56 Å². The molecule has 0 aromatic heterocycles. The number of hydrogen-bond acceptors (Lipinski definition) is 3. The molecule has 0 saturated carbocycles. The highest BCUT2D eigenvalue weighted by Gasteiger charge is 2.29. The number of hydrogen-bond donors (Lipinski definition) is 2. The van der Waals surface area contributed by atoms with E-state index >= 15 is 0 Å². The summed E-state index contributed by atoms with van der Waals surface area (Å²) in [6.45, 7) is 1.02. The molecule has 1 saturated heterocycles. The molecule has 0 spiro atoms. The quantitative estimate of drug-likeness (QED) is 0.864. The zero-order valence-electron chi connectivity index (χ0n) is 12.8. The standard InChI is InChI=1S/C16H20FN3O2.ClH/c17-13-8-14-10(4-5-15(21)19-14)7-12(13)16(22)20-6-2-1-3-11(20)9-18;/h7-8,11H,1-6,9,18H2,(H,19,21);1H. The Morgan fingerprint density at radius 2 is 2.13 bits per heavy atom. The molecule has 3 N–H and O–H groups in total. The number of anilines is 1. The number of benzene rings is 1. The fourth-order valence-corrected chi connectivity index (χ4v) is 3.23. The van der Waals surface area contributed by atoms with Crippen LogP contribution >= 0.6 is 12.4 Å². The van der Waals surface area contributed by atoms with Crippen molar-refractivity contribution in [1.29, 1.82) is 0 Å². The zero-order chi connectivity index (χ0) is 15.7. The van der Waals surface area contributed by atoms with Gasteiger partial charge in [0, 0.05) is 31.2 Å². The van der Waals surface area contributed by atoms with Crippen molar-refractivity contribution >= 4 is 29.9 Å². The molecule has 2 amide bonds. The monoisotopic (exact) mass is 341 g/mol. The van der Waals surface area contributed by atoms with E-state index in [-0.39, 0.29) is 35.8 Å². The summed E-state index contributed by atoms with van der Waals surface area (Å²) >= 11 is 0. The molecule has 0 radical (unpaired) electrons. The average Bonchev–Trinajstić information content (AvgIpc) is 2.53. The Morgan fingerprint density at radius 1 is 1.35 bits per heavy atom. The van der Waals surface area contributed by atoms with Gasteiger partial charge in [-0.2, -0.15) is 0 Å². The maximum atomic E-state index is 14.3. The lowest BCUT2D eigenvalue weighted by Crippen LogP contribution is -2.47. The fraction of sp³-hybridized carbons (Fsp3) is 0.500. The Morgan fingerprint density at radius 3 is 2.87 bits per heavy atom. The Hall–Kier alpha value is -1.66. The SMILES string of the molecule is Cl.NCC1CCCCN1C(=O)c1cc2c(cc1F)NC(=O)CC2. The van der Waals surface area contributed by atoms with Gasteiger partial charge < -0.3 is 16.0 Å². The van der Waals surface area contributed by atoms with E-state index in [1.165, 1.54) is 6.07 Å². The molecule has 1 atom stereocenters. The van der Waals surface area contributed by atoms with Gasteiger partial charge in [0.2, 0.25) is 5.91 Å². The van der Waals surface area contributed by atoms with E-state index in [1.807, 2.05) is 0 Å². The summed E-state index contributed by atoms with van der Waals surface area (Å²) in [4.78, 5) is 25.7. The van der Waals surface area contributed by atoms with Gasteiger partial charge in [-0.1, -0.05) is 0 Å². The lowest BCUT2D eigenvalue weighted by atomic mass is 9.97. The fourth-order valence-electron chi connectivity index (χ4n) is 3.23. The summed E-state index contributed by atoms with van der Waals surface area (Å²) in [6.07, 6.45) is 3.73. The minimum absolute atomic E-state index is 0. The molecule has 0 aliphatic carbocycles. The van der Waals surface area contributed by atoms with E-state index in [0.717, 1.165) is 24.8 Å². The maximum Gasteiger partial charge on any atom is 0.257 e. The number of carbonyl (C=O) groups excluding carboxylic acids is 2. The number of nitrogens with zero attached hydrogens (tertiary/aromatic N) is 1. The molecule has 126 valence electrons. The van der Waals surface area contributed by atoms with Crippen LogP contribution in [-0.2, 0) is 11.2 Å². The molecule has 2 aliphatic heterocycles. The molecule has 23 heavy (non-hydrogen) atoms. The number of likely N-dealkylation sites (tertiary alicyclic amines) is 1. The van der Waals surface area contributed by atoms with Crippen LogP contribution in [0.4, 0.5) is 10.1 Å². The molecule has 5 nitrogen and oxygen atoms in total. The number of fused-ring (bicyclic) bond motifs is 1. The third kappa shape index (κ3) is 3.48. The smallest absolute Gasteiger partial charge is 0.257 e. The summed E-state index contributed by atoms with van der Waals surface area (Å²) in [5, 5.41) is 2.64. The largest absolute Gasteiger partial charge is 0.334 e. The molecular formula is C16H21ClFN3O2. The van der Waals surface area contributed by atoms with Crippen molar-refractivity contribution in [3.8, 4) is 0 Å². The third-order valence-electron chi connectivity index (χ3n) is 4.48. The second kappa shape index (κ2) is 7.27. The van der Waals surface area contributed by atoms with Gasteiger partial charge in [0.25, 0.3) is 5.91 Å². The lowest BCUT2D eigenvalue weighted by Gasteiger charge is -2.35. The van der Waals surface area contributed by atoms with Crippen LogP contribution in [0, 0.1) is 5.82 Å². The van der Waals surface area contributed by atoms with Gasteiger partial charge in [-0.25, -0.2) is 4.39 Å². The van der Waals surface area contributed by atoms with E-state index in [1.54, 1.807) is 11.0 Å². The van der Waals surface area contributed by atoms with Crippen molar-refractivity contribution in [2.24, 2.45) is 5.73 Å². The second-order valence-electron chi connectivity index (χ2n) is 5.92. The Bertz CT molecular complexity index is 624. The number of nitrogens with two attached hydrogens (primary N) is 1. The van der Waals surface area contributed by atoms with Crippen LogP contribution < -0.4 is 11.1 Å². The van der Waals surface area contributed by atoms with Gasteiger partial charge >= 0.3 is 0 Å². The van der Waals surface area contributed by atoms with Gasteiger partial charge in [-0.3, -0.25) is 9.59 Å². The van der Waals surface area contributed by atoms with Gasteiger partial charge in [0.1, 0.15) is 5.82 Å². The first kappa shape index (κ1) is 17.7. The molecule has 1 unspecified atom stereocenters. The summed E-state index contributed by atoms with van der Waals surface area (Å²) in [6, 6.07) is 2.81. The molecule has 1 aromatic carbocycles. The Labute approximate surface area is 140 Å². The lowest BCUT2D eigenvalue weighted by molar-refractivity contribution is -0.116. The average molecular weight is 342 g/mol. The van der Waals surface area contributed by atoms with Crippen molar-refractivity contribution in [2.75, 3.05) is 18.4 Å². The summed E-state index contributed by atoms with van der Waals surface area (Å²) in [5.41, 5.74) is 7.10. The normalized spacial score (nSPS) is 20.3. The number of piperidine rings is 1. The summed E-state index contributed by atoms with van der Waals surface area (Å²) in [7, 11) is 0. The Kier molecular flexibility index (Phi) is 5.59. The van der Waals surface area contributed by atoms with E-state index < -0.39 is 5.82 Å². The first-order valence-electron chi connectivity index (χ1n) is 7.73. The summed E-state index contributed by atoms with van der Waals surface area (Å²) in [5.74, 6) is -1.01. The van der Waals surface area contributed by atoms with Crippen LogP contribution in [0.1, 0.15) is 41.6 Å². The van der Waals surface area contributed by atoms with Gasteiger partial charge in [0.15, 0.2) is 0 Å². The molecular weight excluding hydrogens is 321 g/mol. The molecule has 0 bridgehead atoms. The number of amides is 2. The zero-order valence-corrected chi connectivity index (χ0v) is 13.6. The highest BCUT2D eigenvalue weighted by molar-refractivity contribution is 5.98. The topological polar surface area (TPSA) is 75.4 Å². The molecule has 1 fully saturated rings. The van der Waals surface area contributed by atoms with Crippen LogP contribution in [0.2, 0.25) is 0 Å². The predicted octanol–water partition coefficient (Wildman–Crippen LogP) is 2.09. The van der Waals surface area contributed by atoms with E-state index in [0.29, 0.717) is 31.6 Å². The first-order valence-corrected chi connectivity index (χ1v) is 7.73. The van der Waals surface area contributed by atoms with Gasteiger partial charge in [-0.15, -0.1) is 12.4 Å². The van der Waals surface area contributed by atoms with Gasteiger partial charge in [-0.05, 0) is 43.4 Å². The molecule has 7 heteroatoms. The van der Waals surface area contributed by atoms with Crippen molar-refractivity contribution in [3.63, 3.8) is 0 Å². The van der Waals surface area contributed by atoms with Crippen molar-refractivity contribution in [3.05, 3.63) is 29.1 Å². The number of nitrogens with one attached hydrogen (secondary N) is 1. The van der Waals surface area contributed by atoms with Crippen molar-refractivity contribution < 1.29 is 14.0 Å². The minimum Gasteiger partial charge on any atom is -0.334 e. The molecule has 3 rings (SSSR count). The van der Waals surface area contributed by atoms with E-state index in [9.17, 15) is 14.0 Å². The number of carbonyl (C=O) groups is 2. The molecule has 1 aromatic rings. The van der Waals surface area contributed by atoms with E-state index in [2.05, 4.69) is 5.32 Å². The van der Waals surface area contributed by atoms with Crippen LogP contribution in [-0.4, -0.2) is 35.8 Å². The van der Waals surface area contributed by atoms with Crippen LogP contribution in [0.5, 0.6) is 0 Å². The van der Waals surface area contributed by atoms with Crippen LogP contribution in [0.3, 0.4) is 0 Å². The minimum atomic E-state index is -0.590. The molecule has 2 aliphatic rings. The predicted molar refractivity (Wildman–Crippen MR) is 88.3 cm³/mol. The number of rotatable bonds is 2.